The van der Waals surface area contributed by atoms with Crippen molar-refractivity contribution in [1.82, 2.24) is 5.32 Å². The van der Waals surface area contributed by atoms with Crippen molar-refractivity contribution in [2.75, 3.05) is 13.1 Å². The molecule has 0 fully saturated rings. The van der Waals surface area contributed by atoms with E-state index in [2.05, 4.69) is 59.7 Å². The van der Waals surface area contributed by atoms with E-state index in [1.807, 2.05) is 0 Å². The standard InChI is InChI=1S/C14H18N2/c1-12(11-13-7-3-2-4-8-13)14-15-9-5-6-10-16-14/h2-8,12H,9-11H2,1H3,(H,15,16)/t12-/m0/s1. The first-order valence-corrected chi connectivity index (χ1v) is 5.83. The third kappa shape index (κ3) is 2.96. The number of nitrogens with one attached hydrogen (secondary N) is 1. The summed E-state index contributed by atoms with van der Waals surface area (Å²) in [6.07, 6.45) is 5.29. The van der Waals surface area contributed by atoms with Crippen molar-refractivity contribution in [2.24, 2.45) is 10.9 Å². The van der Waals surface area contributed by atoms with E-state index in [0.717, 1.165) is 25.3 Å². The van der Waals surface area contributed by atoms with Crippen LogP contribution in [0.3, 0.4) is 0 Å². The van der Waals surface area contributed by atoms with Crippen molar-refractivity contribution in [2.45, 2.75) is 13.3 Å². The van der Waals surface area contributed by atoms with Gasteiger partial charge in [0.25, 0.3) is 0 Å². The molecule has 1 aromatic rings. The van der Waals surface area contributed by atoms with Gasteiger partial charge >= 0.3 is 0 Å². The van der Waals surface area contributed by atoms with E-state index in [1.54, 1.807) is 0 Å². The maximum Gasteiger partial charge on any atom is 0.100 e. The number of aliphatic imine (C=N–C) groups is 1. The fourth-order valence-electron chi connectivity index (χ4n) is 1.92. The summed E-state index contributed by atoms with van der Waals surface area (Å²) in [5.74, 6) is 1.59. The molecule has 2 heteroatoms. The summed E-state index contributed by atoms with van der Waals surface area (Å²) < 4.78 is 0. The summed E-state index contributed by atoms with van der Waals surface area (Å²) in [5, 5.41) is 3.36. The van der Waals surface area contributed by atoms with Gasteiger partial charge in [-0.05, 0) is 12.0 Å². The highest BCUT2D eigenvalue weighted by atomic mass is 15.0. The zero-order chi connectivity index (χ0) is 11.2. The van der Waals surface area contributed by atoms with E-state index in [0.29, 0.717) is 5.92 Å². The van der Waals surface area contributed by atoms with Gasteiger partial charge in [0.2, 0.25) is 0 Å². The molecule has 1 aliphatic heterocycles. The van der Waals surface area contributed by atoms with Crippen molar-refractivity contribution < 1.29 is 0 Å². The van der Waals surface area contributed by atoms with Crippen LogP contribution in [0.5, 0.6) is 0 Å². The summed E-state index contributed by atoms with van der Waals surface area (Å²) >= 11 is 0. The molecule has 0 unspecified atom stereocenters. The minimum atomic E-state index is 0.460. The van der Waals surface area contributed by atoms with Gasteiger partial charge in [-0.25, -0.2) is 0 Å². The van der Waals surface area contributed by atoms with Crippen LogP contribution >= 0.6 is 0 Å². The van der Waals surface area contributed by atoms with Crippen LogP contribution in [0, 0.1) is 5.92 Å². The van der Waals surface area contributed by atoms with Gasteiger partial charge in [0, 0.05) is 12.5 Å². The number of nitrogens with zero attached hydrogens (tertiary/aromatic N) is 1. The van der Waals surface area contributed by atoms with Crippen molar-refractivity contribution in [1.29, 1.82) is 0 Å². The fourth-order valence-corrected chi connectivity index (χ4v) is 1.92. The molecule has 2 nitrogen and oxygen atoms in total. The maximum absolute atomic E-state index is 4.54. The van der Waals surface area contributed by atoms with Crippen LogP contribution in [0.1, 0.15) is 12.5 Å². The third-order valence-corrected chi connectivity index (χ3v) is 2.79. The molecule has 0 amide bonds. The van der Waals surface area contributed by atoms with Gasteiger partial charge in [0.05, 0.1) is 6.54 Å². The lowest BCUT2D eigenvalue weighted by atomic mass is 10.00. The first-order chi connectivity index (χ1) is 7.86. The van der Waals surface area contributed by atoms with Gasteiger partial charge in [-0.3, -0.25) is 4.99 Å². The van der Waals surface area contributed by atoms with Crippen LogP contribution in [0.4, 0.5) is 0 Å². The van der Waals surface area contributed by atoms with E-state index in [4.69, 9.17) is 0 Å². The first kappa shape index (κ1) is 10.9. The molecule has 2 rings (SSSR count). The normalized spacial score (nSPS) is 17.2. The Kier molecular flexibility index (Phi) is 3.76. The summed E-state index contributed by atoms with van der Waals surface area (Å²) in [6, 6.07) is 10.6. The average Bonchev–Trinajstić information content (AvgIpc) is 2.59. The molecule has 1 N–H and O–H groups in total. The second-order valence-electron chi connectivity index (χ2n) is 4.17. The fraction of sp³-hybridized carbons (Fsp3) is 0.357. The van der Waals surface area contributed by atoms with Gasteiger partial charge in [0.15, 0.2) is 0 Å². The molecule has 0 aromatic heterocycles. The Hall–Kier alpha value is -1.57. The molecule has 1 aromatic carbocycles. The zero-order valence-electron chi connectivity index (χ0n) is 9.69. The van der Waals surface area contributed by atoms with Crippen molar-refractivity contribution in [3.8, 4) is 0 Å². The highest BCUT2D eigenvalue weighted by Gasteiger charge is 2.11. The molecule has 84 valence electrons. The van der Waals surface area contributed by atoms with Gasteiger partial charge in [0.1, 0.15) is 5.84 Å². The quantitative estimate of drug-likeness (QED) is 0.768. The highest BCUT2D eigenvalue weighted by molar-refractivity contribution is 5.85. The molecule has 0 saturated heterocycles. The largest absolute Gasteiger partial charge is 0.370 e. The van der Waals surface area contributed by atoms with Gasteiger partial charge in [-0.15, -0.1) is 0 Å². The minimum absolute atomic E-state index is 0.460. The minimum Gasteiger partial charge on any atom is -0.370 e. The molecular formula is C14H18N2. The van der Waals surface area contributed by atoms with Crippen molar-refractivity contribution in [3.63, 3.8) is 0 Å². The molecule has 1 heterocycles. The topological polar surface area (TPSA) is 24.4 Å². The predicted molar refractivity (Wildman–Crippen MR) is 68.8 cm³/mol. The number of rotatable bonds is 3. The average molecular weight is 214 g/mol. The molecular weight excluding hydrogens is 196 g/mol. The zero-order valence-corrected chi connectivity index (χ0v) is 9.69. The van der Waals surface area contributed by atoms with Gasteiger partial charge in [-0.1, -0.05) is 49.4 Å². The third-order valence-electron chi connectivity index (χ3n) is 2.79. The van der Waals surface area contributed by atoms with Gasteiger partial charge in [-0.2, -0.15) is 0 Å². The SMILES string of the molecule is C[C@@H](Cc1ccccc1)C1=NCC=CCN1. The van der Waals surface area contributed by atoms with Crippen LogP contribution in [0.2, 0.25) is 0 Å². The van der Waals surface area contributed by atoms with Crippen LogP contribution in [0.25, 0.3) is 0 Å². The molecule has 0 saturated carbocycles. The van der Waals surface area contributed by atoms with Gasteiger partial charge < -0.3 is 5.32 Å². The van der Waals surface area contributed by atoms with Crippen molar-refractivity contribution in [3.05, 3.63) is 48.0 Å². The molecule has 1 aliphatic rings. The van der Waals surface area contributed by atoms with E-state index in [9.17, 15) is 0 Å². The Labute approximate surface area is 97.1 Å². The monoisotopic (exact) mass is 214 g/mol. The maximum atomic E-state index is 4.54. The molecule has 16 heavy (non-hydrogen) atoms. The second kappa shape index (κ2) is 5.50. The van der Waals surface area contributed by atoms with Crippen LogP contribution < -0.4 is 5.32 Å². The number of benzene rings is 1. The Morgan fingerprint density at radius 3 is 2.88 bits per heavy atom. The van der Waals surface area contributed by atoms with E-state index >= 15 is 0 Å². The predicted octanol–water partition coefficient (Wildman–Crippen LogP) is 2.42. The summed E-state index contributed by atoms with van der Waals surface area (Å²) in [6.45, 7) is 3.93. The van der Waals surface area contributed by atoms with Crippen LogP contribution in [-0.2, 0) is 6.42 Å². The molecule has 1 atom stereocenters. The summed E-state index contributed by atoms with van der Waals surface area (Å²) in [7, 11) is 0. The van der Waals surface area contributed by atoms with Crippen LogP contribution in [0.15, 0.2) is 47.5 Å². The lowest BCUT2D eigenvalue weighted by Crippen LogP contribution is -2.30. The van der Waals surface area contributed by atoms with Crippen molar-refractivity contribution >= 4 is 5.84 Å². The smallest absolute Gasteiger partial charge is 0.100 e. The molecule has 0 radical (unpaired) electrons. The summed E-state index contributed by atoms with van der Waals surface area (Å²) in [5.41, 5.74) is 1.37. The Bertz CT molecular complexity index is 379. The summed E-state index contributed by atoms with van der Waals surface area (Å²) in [4.78, 5) is 4.54. The van der Waals surface area contributed by atoms with E-state index in [-0.39, 0.29) is 0 Å². The van der Waals surface area contributed by atoms with Crippen LogP contribution in [-0.4, -0.2) is 18.9 Å². The molecule has 0 aliphatic carbocycles. The second-order valence-corrected chi connectivity index (χ2v) is 4.17. The van der Waals surface area contributed by atoms with E-state index in [1.165, 1.54) is 5.56 Å². The lowest BCUT2D eigenvalue weighted by Gasteiger charge is -2.15. The number of amidine groups is 1. The lowest BCUT2D eigenvalue weighted by molar-refractivity contribution is 0.730. The Morgan fingerprint density at radius 1 is 1.25 bits per heavy atom. The Balaban J connectivity index is 1.98. The molecule has 0 spiro atoms. The number of hydrogen-bond donors (Lipinski definition) is 1. The Morgan fingerprint density at radius 2 is 2.06 bits per heavy atom. The number of hydrogen-bond acceptors (Lipinski definition) is 2. The first-order valence-electron chi connectivity index (χ1n) is 5.83. The molecule has 0 bridgehead atoms. The highest BCUT2D eigenvalue weighted by Crippen LogP contribution is 2.09. The van der Waals surface area contributed by atoms with E-state index < -0.39 is 0 Å².